The van der Waals surface area contributed by atoms with Crippen molar-refractivity contribution in [2.45, 2.75) is 20.8 Å². The second-order valence-electron chi connectivity index (χ2n) is 2.24. The van der Waals surface area contributed by atoms with Crippen LogP contribution in [-0.4, -0.2) is 0 Å². The summed E-state index contributed by atoms with van der Waals surface area (Å²) in [7, 11) is 0. The maximum absolute atomic E-state index is 11.8. The predicted octanol–water partition coefficient (Wildman–Crippen LogP) is 3.38. The Labute approximate surface area is 61.8 Å². The van der Waals surface area contributed by atoms with Crippen LogP contribution in [0.15, 0.2) is 35.7 Å². The molecule has 0 spiro atoms. The largest absolute Gasteiger partial charge is 0.215 e. The Morgan fingerprint density at radius 2 is 1.80 bits per heavy atom. The van der Waals surface area contributed by atoms with Crippen molar-refractivity contribution in [1.29, 1.82) is 0 Å². The second kappa shape index (κ2) is 4.98. The molecule has 0 heterocycles. The highest BCUT2D eigenvalue weighted by Gasteiger charge is 1.82. The Kier molecular flexibility index (Phi) is 4.55. The first-order chi connectivity index (χ1) is 4.70. The molecular formula is C9H13F. The predicted molar refractivity (Wildman–Crippen MR) is 43.4 cm³/mol. The lowest BCUT2D eigenvalue weighted by Crippen LogP contribution is -1.70. The lowest BCUT2D eigenvalue weighted by atomic mass is 10.2. The van der Waals surface area contributed by atoms with Crippen molar-refractivity contribution in [2.75, 3.05) is 0 Å². The minimum atomic E-state index is 0.604. The van der Waals surface area contributed by atoms with E-state index in [1.165, 1.54) is 0 Å². The molecule has 0 radical (unpaired) electrons. The van der Waals surface area contributed by atoms with E-state index in [0.717, 1.165) is 5.57 Å². The van der Waals surface area contributed by atoms with Crippen molar-refractivity contribution in [1.82, 2.24) is 0 Å². The number of hydrogen-bond acceptors (Lipinski definition) is 0. The van der Waals surface area contributed by atoms with E-state index in [9.17, 15) is 4.39 Å². The van der Waals surface area contributed by atoms with Crippen LogP contribution in [0.1, 0.15) is 20.8 Å². The van der Waals surface area contributed by atoms with Crippen molar-refractivity contribution in [3.8, 4) is 0 Å². The first-order valence-corrected chi connectivity index (χ1v) is 3.28. The number of allylic oxidation sites excluding steroid dienone is 5. The summed E-state index contributed by atoms with van der Waals surface area (Å²) in [5.74, 6) is 0. The smallest absolute Gasteiger partial charge is 0.0896 e. The van der Waals surface area contributed by atoms with E-state index in [-0.39, 0.29) is 0 Å². The van der Waals surface area contributed by atoms with Gasteiger partial charge in [0.15, 0.2) is 0 Å². The Morgan fingerprint density at radius 3 is 2.20 bits per heavy atom. The van der Waals surface area contributed by atoms with Crippen molar-refractivity contribution < 1.29 is 4.39 Å². The highest BCUT2D eigenvalue weighted by Crippen LogP contribution is 2.02. The fourth-order valence-electron chi connectivity index (χ4n) is 0.702. The highest BCUT2D eigenvalue weighted by molar-refractivity contribution is 5.25. The summed E-state index contributed by atoms with van der Waals surface area (Å²) >= 11 is 0. The molecule has 1 heteroatoms. The van der Waals surface area contributed by atoms with Crippen LogP contribution in [0.2, 0.25) is 0 Å². The molecule has 0 rings (SSSR count). The average molecular weight is 140 g/mol. The van der Waals surface area contributed by atoms with Crippen molar-refractivity contribution in [3.63, 3.8) is 0 Å². The van der Waals surface area contributed by atoms with Crippen LogP contribution in [0.3, 0.4) is 0 Å². The summed E-state index contributed by atoms with van der Waals surface area (Å²) in [5, 5.41) is 0. The fourth-order valence-corrected chi connectivity index (χ4v) is 0.702. The van der Waals surface area contributed by atoms with E-state index in [0.29, 0.717) is 11.9 Å². The van der Waals surface area contributed by atoms with Gasteiger partial charge < -0.3 is 0 Å². The van der Waals surface area contributed by atoms with Crippen LogP contribution in [-0.2, 0) is 0 Å². The molecule has 0 aromatic carbocycles. The lowest BCUT2D eigenvalue weighted by molar-refractivity contribution is 0.713. The molecule has 0 atom stereocenters. The van der Waals surface area contributed by atoms with Crippen molar-refractivity contribution >= 4 is 0 Å². The minimum Gasteiger partial charge on any atom is -0.215 e. The zero-order chi connectivity index (χ0) is 7.98. The summed E-state index contributed by atoms with van der Waals surface area (Å²) < 4.78 is 11.8. The normalized spacial score (nSPS) is 14.8. The summed E-state index contributed by atoms with van der Waals surface area (Å²) in [6.07, 6.45) is 6.26. The summed E-state index contributed by atoms with van der Waals surface area (Å²) in [5.41, 5.74) is 1.71. The molecule has 0 aromatic rings. The Balaban J connectivity index is 4.16. The SMILES string of the molecule is C\C=C/C(C)=C\C(C)=C\F. The average Bonchev–Trinajstić information content (AvgIpc) is 1.88. The van der Waals surface area contributed by atoms with Crippen LogP contribution in [0.5, 0.6) is 0 Å². The van der Waals surface area contributed by atoms with Gasteiger partial charge in [-0.2, -0.15) is 0 Å². The molecule has 10 heavy (non-hydrogen) atoms. The minimum absolute atomic E-state index is 0.604. The van der Waals surface area contributed by atoms with Crippen LogP contribution in [0.4, 0.5) is 4.39 Å². The molecule has 0 bridgehead atoms. The zero-order valence-corrected chi connectivity index (χ0v) is 6.69. The van der Waals surface area contributed by atoms with E-state index < -0.39 is 0 Å². The van der Waals surface area contributed by atoms with Gasteiger partial charge in [-0.25, -0.2) is 4.39 Å². The van der Waals surface area contributed by atoms with Gasteiger partial charge in [-0.15, -0.1) is 0 Å². The third-order valence-corrected chi connectivity index (χ3v) is 1.06. The summed E-state index contributed by atoms with van der Waals surface area (Å²) in [4.78, 5) is 0. The number of hydrogen-bond donors (Lipinski definition) is 0. The molecule has 0 fully saturated rings. The van der Waals surface area contributed by atoms with Crippen molar-refractivity contribution in [2.24, 2.45) is 0 Å². The van der Waals surface area contributed by atoms with E-state index in [1.807, 2.05) is 26.0 Å². The molecule has 0 aliphatic rings. The molecule has 0 nitrogen and oxygen atoms in total. The molecule has 0 aliphatic carbocycles. The van der Waals surface area contributed by atoms with E-state index in [4.69, 9.17) is 0 Å². The molecule has 0 amide bonds. The molecule has 0 saturated carbocycles. The Bertz CT molecular complexity index is 173. The third-order valence-electron chi connectivity index (χ3n) is 1.06. The van der Waals surface area contributed by atoms with Crippen LogP contribution in [0.25, 0.3) is 0 Å². The van der Waals surface area contributed by atoms with Gasteiger partial charge in [0.2, 0.25) is 0 Å². The Morgan fingerprint density at radius 1 is 1.20 bits per heavy atom. The zero-order valence-electron chi connectivity index (χ0n) is 6.69. The molecule has 56 valence electrons. The second-order valence-corrected chi connectivity index (χ2v) is 2.24. The standard InChI is InChI=1S/C9H13F/c1-4-5-8(2)6-9(3)7-10/h4-7H,1-3H3/b5-4-,8-6-,9-7+. The fraction of sp³-hybridized carbons (Fsp3) is 0.333. The molecule has 0 aliphatic heterocycles. The monoisotopic (exact) mass is 140 g/mol. The summed E-state index contributed by atoms with van der Waals surface area (Å²) in [6, 6.07) is 0. The van der Waals surface area contributed by atoms with Gasteiger partial charge >= 0.3 is 0 Å². The molecular weight excluding hydrogens is 127 g/mol. The summed E-state index contributed by atoms with van der Waals surface area (Å²) in [6.45, 7) is 5.60. The first-order valence-electron chi connectivity index (χ1n) is 3.28. The number of halogens is 1. The van der Waals surface area contributed by atoms with E-state index in [1.54, 1.807) is 13.0 Å². The lowest BCUT2D eigenvalue weighted by Gasteiger charge is -1.90. The topological polar surface area (TPSA) is 0 Å². The maximum Gasteiger partial charge on any atom is 0.0896 e. The van der Waals surface area contributed by atoms with Crippen molar-refractivity contribution in [3.05, 3.63) is 35.7 Å². The van der Waals surface area contributed by atoms with Gasteiger partial charge in [0.05, 0.1) is 6.33 Å². The molecule has 0 aromatic heterocycles. The third kappa shape index (κ3) is 4.07. The van der Waals surface area contributed by atoms with E-state index >= 15 is 0 Å². The van der Waals surface area contributed by atoms with E-state index in [2.05, 4.69) is 0 Å². The van der Waals surface area contributed by atoms with Gasteiger partial charge in [0.1, 0.15) is 0 Å². The molecule has 0 N–H and O–H groups in total. The van der Waals surface area contributed by atoms with Gasteiger partial charge in [0.25, 0.3) is 0 Å². The molecule has 0 saturated heterocycles. The van der Waals surface area contributed by atoms with Gasteiger partial charge in [-0.3, -0.25) is 0 Å². The quantitative estimate of drug-likeness (QED) is 0.516. The highest BCUT2D eigenvalue weighted by atomic mass is 19.1. The van der Waals surface area contributed by atoms with Gasteiger partial charge in [-0.1, -0.05) is 23.8 Å². The molecule has 0 unspecified atom stereocenters. The van der Waals surface area contributed by atoms with Crippen LogP contribution in [0, 0.1) is 0 Å². The van der Waals surface area contributed by atoms with Gasteiger partial charge in [-0.05, 0) is 26.3 Å². The van der Waals surface area contributed by atoms with Crippen LogP contribution < -0.4 is 0 Å². The van der Waals surface area contributed by atoms with Gasteiger partial charge in [0, 0.05) is 0 Å². The maximum atomic E-state index is 11.8. The number of rotatable bonds is 2. The first kappa shape index (κ1) is 9.15. The Hall–Kier alpha value is -0.850. The van der Waals surface area contributed by atoms with Crippen LogP contribution >= 0.6 is 0 Å².